The molecule has 0 bridgehead atoms. The van der Waals surface area contributed by atoms with Crippen molar-refractivity contribution < 1.29 is 14.3 Å². The van der Waals surface area contributed by atoms with Gasteiger partial charge in [0.15, 0.2) is 11.5 Å². The number of carbonyl (C=O) groups is 1. The van der Waals surface area contributed by atoms with Crippen molar-refractivity contribution in [2.75, 3.05) is 6.79 Å². The van der Waals surface area contributed by atoms with Gasteiger partial charge in [-0.3, -0.25) is 4.79 Å². The number of nitrogens with one attached hydrogen (secondary N) is 2. The van der Waals surface area contributed by atoms with Crippen LogP contribution in [-0.2, 0) is 0 Å². The predicted octanol–water partition coefficient (Wildman–Crippen LogP) is 2.97. The van der Waals surface area contributed by atoms with Crippen LogP contribution in [0.25, 0.3) is 10.9 Å². The van der Waals surface area contributed by atoms with Crippen LogP contribution in [0.4, 0.5) is 0 Å². The molecule has 2 heterocycles. The van der Waals surface area contributed by atoms with E-state index < -0.39 is 0 Å². The summed E-state index contributed by atoms with van der Waals surface area (Å²) in [7, 11) is 0. The first-order valence-corrected chi connectivity index (χ1v) is 7.53. The molecule has 2 aromatic carbocycles. The van der Waals surface area contributed by atoms with E-state index in [1.54, 1.807) is 24.4 Å². The van der Waals surface area contributed by atoms with E-state index in [0.29, 0.717) is 17.1 Å². The molecule has 2 N–H and O–H groups in total. The Hall–Kier alpha value is -3.28. The van der Waals surface area contributed by atoms with Crippen LogP contribution < -0.4 is 14.9 Å². The third kappa shape index (κ3) is 2.48. The maximum atomic E-state index is 12.2. The topological polar surface area (TPSA) is 75.7 Å². The van der Waals surface area contributed by atoms with E-state index in [-0.39, 0.29) is 12.7 Å². The van der Waals surface area contributed by atoms with Gasteiger partial charge in [-0.1, -0.05) is 18.2 Å². The summed E-state index contributed by atoms with van der Waals surface area (Å²) in [6, 6.07) is 13.0. The highest BCUT2D eigenvalue weighted by Gasteiger charge is 2.16. The number of para-hydroxylation sites is 1. The van der Waals surface area contributed by atoms with E-state index in [0.717, 1.165) is 22.2 Å². The lowest BCUT2D eigenvalue weighted by atomic mass is 10.1. The number of rotatable bonds is 3. The maximum Gasteiger partial charge on any atom is 0.271 e. The van der Waals surface area contributed by atoms with Crippen molar-refractivity contribution in [3.8, 4) is 11.5 Å². The fourth-order valence-corrected chi connectivity index (χ4v) is 2.72. The molecule has 120 valence electrons. The van der Waals surface area contributed by atoms with E-state index in [2.05, 4.69) is 15.5 Å². The van der Waals surface area contributed by atoms with Crippen molar-refractivity contribution in [2.24, 2.45) is 5.10 Å². The Labute approximate surface area is 138 Å². The number of hydrogen-bond acceptors (Lipinski definition) is 4. The summed E-state index contributed by atoms with van der Waals surface area (Å²) in [5.41, 5.74) is 6.00. The van der Waals surface area contributed by atoms with E-state index in [4.69, 9.17) is 9.47 Å². The van der Waals surface area contributed by atoms with Gasteiger partial charge < -0.3 is 14.5 Å². The van der Waals surface area contributed by atoms with Crippen LogP contribution in [0.15, 0.2) is 47.6 Å². The van der Waals surface area contributed by atoms with Gasteiger partial charge in [-0.2, -0.15) is 5.10 Å². The molecule has 0 unspecified atom stereocenters. The molecule has 1 aliphatic rings. The Balaban J connectivity index is 1.52. The minimum atomic E-state index is -0.304. The molecular formula is C18H15N3O3. The van der Waals surface area contributed by atoms with Crippen molar-refractivity contribution in [2.45, 2.75) is 6.92 Å². The minimum absolute atomic E-state index is 0.179. The van der Waals surface area contributed by atoms with Crippen molar-refractivity contribution in [1.82, 2.24) is 10.4 Å². The molecule has 0 fully saturated rings. The summed E-state index contributed by atoms with van der Waals surface area (Å²) in [5.74, 6) is 0.908. The molecule has 24 heavy (non-hydrogen) atoms. The molecule has 6 nitrogen and oxygen atoms in total. The van der Waals surface area contributed by atoms with Gasteiger partial charge in [0, 0.05) is 27.7 Å². The number of hydrazone groups is 1. The molecule has 0 radical (unpaired) electrons. The van der Waals surface area contributed by atoms with E-state index in [1.165, 1.54) is 0 Å². The van der Waals surface area contributed by atoms with Gasteiger partial charge in [0.05, 0.1) is 6.21 Å². The predicted molar refractivity (Wildman–Crippen MR) is 90.7 cm³/mol. The van der Waals surface area contributed by atoms with Crippen LogP contribution in [-0.4, -0.2) is 23.9 Å². The summed E-state index contributed by atoms with van der Waals surface area (Å²) >= 11 is 0. The summed E-state index contributed by atoms with van der Waals surface area (Å²) in [4.78, 5) is 15.5. The fraction of sp³-hybridized carbons (Fsp3) is 0.111. The summed E-state index contributed by atoms with van der Waals surface area (Å²) < 4.78 is 10.5. The molecule has 6 heteroatoms. The third-order valence-corrected chi connectivity index (χ3v) is 3.94. The van der Waals surface area contributed by atoms with E-state index in [1.807, 2.05) is 31.2 Å². The zero-order valence-electron chi connectivity index (χ0n) is 13.0. The van der Waals surface area contributed by atoms with Crippen molar-refractivity contribution in [3.63, 3.8) is 0 Å². The number of aryl methyl sites for hydroxylation is 1. The lowest BCUT2D eigenvalue weighted by Crippen LogP contribution is -2.17. The number of aromatic amines is 1. The van der Waals surface area contributed by atoms with Crippen LogP contribution in [0.5, 0.6) is 11.5 Å². The first-order valence-electron chi connectivity index (χ1n) is 7.53. The molecule has 0 aliphatic carbocycles. The lowest BCUT2D eigenvalue weighted by Gasteiger charge is -2.01. The highest BCUT2D eigenvalue weighted by atomic mass is 16.7. The first kappa shape index (κ1) is 14.3. The number of aromatic nitrogens is 1. The number of hydrogen-bond donors (Lipinski definition) is 2. The van der Waals surface area contributed by atoms with Gasteiger partial charge in [0.25, 0.3) is 5.91 Å². The zero-order chi connectivity index (χ0) is 16.5. The molecule has 0 atom stereocenters. The van der Waals surface area contributed by atoms with Gasteiger partial charge in [-0.25, -0.2) is 5.43 Å². The number of carbonyl (C=O) groups excluding carboxylic acids is 1. The fourth-order valence-electron chi connectivity index (χ4n) is 2.72. The van der Waals surface area contributed by atoms with E-state index >= 15 is 0 Å². The van der Waals surface area contributed by atoms with E-state index in [9.17, 15) is 4.79 Å². The van der Waals surface area contributed by atoms with Crippen LogP contribution in [0.3, 0.4) is 0 Å². The molecular weight excluding hydrogens is 306 g/mol. The number of nitrogens with zero attached hydrogens (tertiary/aromatic N) is 1. The lowest BCUT2D eigenvalue weighted by molar-refractivity contribution is 0.0954. The second-order valence-electron chi connectivity index (χ2n) is 5.48. The highest BCUT2D eigenvalue weighted by molar-refractivity contribution is 6.01. The minimum Gasteiger partial charge on any atom is -0.454 e. The Bertz CT molecular complexity index is 959. The van der Waals surface area contributed by atoms with Crippen LogP contribution >= 0.6 is 0 Å². The Morgan fingerprint density at radius 1 is 1.21 bits per heavy atom. The Morgan fingerprint density at radius 2 is 2.04 bits per heavy atom. The van der Waals surface area contributed by atoms with Gasteiger partial charge in [0.2, 0.25) is 6.79 Å². The average Bonchev–Trinajstić information content (AvgIpc) is 3.18. The normalized spacial score (nSPS) is 12.9. The third-order valence-electron chi connectivity index (χ3n) is 3.94. The standard InChI is InChI=1S/C18H15N3O3/c1-11-14(13-4-2-3-5-15(13)20-11)9-19-21-18(22)12-6-7-16-17(8-12)24-10-23-16/h2-9,20H,10H2,1H3,(H,21,22). The largest absolute Gasteiger partial charge is 0.454 e. The van der Waals surface area contributed by atoms with Crippen LogP contribution in [0, 0.1) is 6.92 Å². The number of benzene rings is 2. The second kappa shape index (κ2) is 5.73. The van der Waals surface area contributed by atoms with Crippen LogP contribution in [0.2, 0.25) is 0 Å². The monoisotopic (exact) mass is 321 g/mol. The first-order chi connectivity index (χ1) is 11.7. The molecule has 0 saturated carbocycles. The summed E-state index contributed by atoms with van der Waals surface area (Å²) in [6.45, 7) is 2.15. The Kier molecular flexibility index (Phi) is 3.42. The second-order valence-corrected chi connectivity index (χ2v) is 5.48. The maximum absolute atomic E-state index is 12.2. The van der Waals surface area contributed by atoms with Crippen LogP contribution in [0.1, 0.15) is 21.6 Å². The molecule has 1 amide bonds. The summed E-state index contributed by atoms with van der Waals surface area (Å²) in [5, 5.41) is 5.14. The SMILES string of the molecule is Cc1[nH]c2ccccc2c1C=NNC(=O)c1ccc2c(c1)OCO2. The number of H-pyrrole nitrogens is 1. The number of fused-ring (bicyclic) bond motifs is 2. The van der Waals surface area contributed by atoms with Gasteiger partial charge in [-0.05, 0) is 31.2 Å². The highest BCUT2D eigenvalue weighted by Crippen LogP contribution is 2.32. The molecule has 0 saturated heterocycles. The number of amides is 1. The quantitative estimate of drug-likeness (QED) is 0.575. The average molecular weight is 321 g/mol. The van der Waals surface area contributed by atoms with Crippen molar-refractivity contribution in [3.05, 3.63) is 59.3 Å². The smallest absolute Gasteiger partial charge is 0.271 e. The van der Waals surface area contributed by atoms with Gasteiger partial charge in [-0.15, -0.1) is 0 Å². The Morgan fingerprint density at radius 3 is 2.96 bits per heavy atom. The van der Waals surface area contributed by atoms with Crippen molar-refractivity contribution >= 4 is 23.0 Å². The van der Waals surface area contributed by atoms with Crippen molar-refractivity contribution in [1.29, 1.82) is 0 Å². The molecule has 1 aromatic heterocycles. The number of ether oxygens (including phenoxy) is 2. The molecule has 4 rings (SSSR count). The van der Waals surface area contributed by atoms with Gasteiger partial charge in [0.1, 0.15) is 0 Å². The zero-order valence-corrected chi connectivity index (χ0v) is 13.0. The van der Waals surface area contributed by atoms with Gasteiger partial charge >= 0.3 is 0 Å². The molecule has 1 aliphatic heterocycles. The molecule has 0 spiro atoms. The summed E-state index contributed by atoms with van der Waals surface area (Å²) in [6.07, 6.45) is 1.65. The molecule has 3 aromatic rings.